The number of aromatic nitrogens is 3. The molecular weight excluding hydrogens is 521 g/mol. The van der Waals surface area contributed by atoms with E-state index in [1.54, 1.807) is 47.4 Å². The van der Waals surface area contributed by atoms with E-state index in [0.29, 0.717) is 44.6 Å². The number of nitrogens with one attached hydrogen (secondary N) is 1. The molecule has 1 aliphatic carbocycles. The molecule has 9 nitrogen and oxygen atoms in total. The van der Waals surface area contributed by atoms with Crippen LogP contribution in [0.2, 0.25) is 0 Å². The van der Waals surface area contributed by atoms with Crippen LogP contribution in [0.4, 0.5) is 4.39 Å². The molecule has 2 heterocycles. The lowest BCUT2D eigenvalue weighted by molar-refractivity contribution is -0.135. The number of carbonyl (C=O) groups is 2. The Morgan fingerprint density at radius 2 is 1.93 bits per heavy atom. The molecule has 1 saturated carbocycles. The van der Waals surface area contributed by atoms with E-state index in [4.69, 9.17) is 2.74 Å². The summed E-state index contributed by atoms with van der Waals surface area (Å²) in [5.74, 6) is -0.402. The molecule has 41 heavy (non-hydrogen) atoms. The Balaban J connectivity index is 1.25. The lowest BCUT2D eigenvalue weighted by atomic mass is 10.1. The van der Waals surface area contributed by atoms with Gasteiger partial charge in [0.1, 0.15) is 11.9 Å². The van der Waals surface area contributed by atoms with Crippen LogP contribution in [-0.4, -0.2) is 99.9 Å². The molecule has 1 aromatic heterocycles. The van der Waals surface area contributed by atoms with Gasteiger partial charge in [-0.1, -0.05) is 23.4 Å². The predicted octanol–water partition coefficient (Wildman–Crippen LogP) is 3.10. The molecule has 0 spiro atoms. The minimum atomic E-state index is -0.682. The van der Waals surface area contributed by atoms with Crippen LogP contribution in [0.3, 0.4) is 0 Å². The molecule has 5 rings (SSSR count). The van der Waals surface area contributed by atoms with Crippen molar-refractivity contribution in [3.05, 3.63) is 90.5 Å². The molecule has 1 saturated heterocycles. The van der Waals surface area contributed by atoms with Crippen LogP contribution in [-0.2, 0) is 4.79 Å². The number of carbonyl (C=O) groups excluding carboxylic acids is 2. The van der Waals surface area contributed by atoms with Gasteiger partial charge in [0.15, 0.2) is 0 Å². The summed E-state index contributed by atoms with van der Waals surface area (Å²) in [6.07, 6.45) is 6.88. The lowest BCUT2D eigenvalue weighted by Crippen LogP contribution is -2.54. The van der Waals surface area contributed by atoms with Gasteiger partial charge in [0, 0.05) is 50.2 Å². The average Bonchev–Trinajstić information content (AvgIpc) is 3.60. The van der Waals surface area contributed by atoms with Gasteiger partial charge in [-0.25, -0.2) is 9.07 Å². The largest absolute Gasteiger partial charge is 0.340 e. The summed E-state index contributed by atoms with van der Waals surface area (Å²) in [4.78, 5) is 33.2. The number of nitrogens with zero attached hydrogens (tertiary/aromatic N) is 6. The van der Waals surface area contributed by atoms with Crippen molar-refractivity contribution in [1.29, 1.82) is 0 Å². The maximum atomic E-state index is 13.7. The van der Waals surface area contributed by atoms with Crippen molar-refractivity contribution in [1.82, 2.24) is 35.0 Å². The second kappa shape index (κ2) is 13.2. The monoisotopic (exact) mass is 561 g/mol. The summed E-state index contributed by atoms with van der Waals surface area (Å²) in [5.41, 5.74) is 2.30. The number of amides is 2. The number of hydrogen-bond acceptors (Lipinski definition) is 6. The van der Waals surface area contributed by atoms with Gasteiger partial charge in [0.05, 0.1) is 20.8 Å². The zero-order valence-corrected chi connectivity index (χ0v) is 23.3. The molecule has 2 amide bonds. The fourth-order valence-electron chi connectivity index (χ4n) is 5.52. The van der Waals surface area contributed by atoms with Crippen molar-refractivity contribution >= 4 is 11.8 Å². The standard InChI is InChI=1S/C31H38FN7O2/c1-3-15-37(29-22-27(29)23-6-10-25(32)11-7-23)16-4-5-28(31(41)38-20-18-36(2)19-21-38)34-30(40)24-8-12-26(13-9-24)39-17-14-33-35-39/h3,6-14,17,27-29H,1,4-5,15-16,18-22H2,2H3,(H,34,40)/t27-,28-,29+/m0/s1/i1D2. The van der Waals surface area contributed by atoms with Crippen LogP contribution in [0.1, 0.15) is 43.8 Å². The van der Waals surface area contributed by atoms with Crippen LogP contribution in [0, 0.1) is 5.82 Å². The van der Waals surface area contributed by atoms with Gasteiger partial charge >= 0.3 is 0 Å². The van der Waals surface area contributed by atoms with Crippen molar-refractivity contribution in [2.24, 2.45) is 0 Å². The summed E-state index contributed by atoms with van der Waals surface area (Å²) < 4.78 is 30.2. The number of likely N-dealkylation sites (N-methyl/N-ethyl adjacent to an activating group) is 1. The van der Waals surface area contributed by atoms with Crippen LogP contribution in [0.5, 0.6) is 0 Å². The Kier molecular flexibility index (Phi) is 8.37. The highest BCUT2D eigenvalue weighted by Gasteiger charge is 2.42. The highest BCUT2D eigenvalue weighted by molar-refractivity contribution is 5.97. The first-order valence-corrected chi connectivity index (χ1v) is 14.2. The first-order chi connectivity index (χ1) is 20.8. The zero-order valence-electron chi connectivity index (χ0n) is 25.3. The summed E-state index contributed by atoms with van der Waals surface area (Å²) >= 11 is 0. The number of benzene rings is 2. The van der Waals surface area contributed by atoms with Crippen LogP contribution in [0.15, 0.2) is 73.5 Å². The topological polar surface area (TPSA) is 86.6 Å². The Labute approximate surface area is 243 Å². The maximum absolute atomic E-state index is 13.7. The summed E-state index contributed by atoms with van der Waals surface area (Å²) in [5, 5.41) is 10.8. The van der Waals surface area contributed by atoms with Crippen molar-refractivity contribution in [3.8, 4) is 5.69 Å². The molecule has 2 aromatic carbocycles. The van der Waals surface area contributed by atoms with Crippen molar-refractivity contribution in [2.75, 3.05) is 46.3 Å². The second-order valence-electron chi connectivity index (χ2n) is 10.9. The highest BCUT2D eigenvalue weighted by Crippen LogP contribution is 2.44. The van der Waals surface area contributed by atoms with E-state index in [2.05, 4.69) is 25.4 Å². The van der Waals surface area contributed by atoms with E-state index in [-0.39, 0.29) is 36.1 Å². The van der Waals surface area contributed by atoms with Gasteiger partial charge in [-0.3, -0.25) is 14.5 Å². The average molecular weight is 562 g/mol. The van der Waals surface area contributed by atoms with Gasteiger partial charge in [-0.05, 0) is 74.8 Å². The second-order valence-corrected chi connectivity index (χ2v) is 10.9. The lowest BCUT2D eigenvalue weighted by Gasteiger charge is -2.35. The van der Waals surface area contributed by atoms with Gasteiger partial charge in [0.2, 0.25) is 5.91 Å². The van der Waals surface area contributed by atoms with Gasteiger partial charge in [-0.2, -0.15) is 0 Å². The van der Waals surface area contributed by atoms with Crippen LogP contribution >= 0.6 is 0 Å². The molecule has 1 aliphatic heterocycles. The minimum absolute atomic E-state index is 0.0812. The molecular formula is C31H38FN7O2. The quantitative estimate of drug-likeness (QED) is 0.342. The van der Waals surface area contributed by atoms with Gasteiger partial charge in [-0.15, -0.1) is 11.6 Å². The maximum Gasteiger partial charge on any atom is 0.251 e. The Hall–Kier alpha value is -3.89. The summed E-state index contributed by atoms with van der Waals surface area (Å²) in [7, 11) is 2.03. The third kappa shape index (κ3) is 7.25. The first-order valence-electron chi connectivity index (χ1n) is 15.2. The molecule has 10 heteroatoms. The zero-order chi connectivity index (χ0) is 30.3. The Morgan fingerprint density at radius 1 is 1.17 bits per heavy atom. The predicted molar refractivity (Wildman–Crippen MR) is 155 cm³/mol. The third-order valence-corrected chi connectivity index (χ3v) is 8.02. The molecule has 0 bridgehead atoms. The van der Waals surface area contributed by atoms with Crippen molar-refractivity contribution in [3.63, 3.8) is 0 Å². The summed E-state index contributed by atoms with van der Waals surface area (Å²) in [6, 6.07) is 13.1. The van der Waals surface area contributed by atoms with E-state index >= 15 is 0 Å². The first kappa shape index (κ1) is 26.0. The molecule has 2 fully saturated rings. The fourth-order valence-corrected chi connectivity index (χ4v) is 5.52. The fraction of sp³-hybridized carbons (Fsp3) is 0.419. The number of rotatable bonds is 12. The summed E-state index contributed by atoms with van der Waals surface area (Å²) in [6.45, 7) is 3.64. The molecule has 2 aliphatic rings. The smallest absolute Gasteiger partial charge is 0.251 e. The molecule has 216 valence electrons. The molecule has 3 aromatic rings. The van der Waals surface area contributed by atoms with Gasteiger partial charge < -0.3 is 15.1 Å². The Bertz CT molecular complexity index is 1390. The van der Waals surface area contributed by atoms with Crippen LogP contribution < -0.4 is 5.32 Å². The normalized spacial score (nSPS) is 20.2. The third-order valence-electron chi connectivity index (χ3n) is 8.02. The molecule has 1 N–H and O–H groups in total. The van der Waals surface area contributed by atoms with Crippen LogP contribution in [0.25, 0.3) is 5.69 Å². The van der Waals surface area contributed by atoms with Gasteiger partial charge in [0.25, 0.3) is 5.91 Å². The number of hydrogen-bond donors (Lipinski definition) is 1. The SMILES string of the molecule is [2H]C([2H])=CCN(CCC[C@H](NC(=O)c1ccc(-n2ccnn2)cc1)C(=O)N1CCN(C)CC1)[C@@H]1C[C@H]1c1ccc(F)cc1. The van der Waals surface area contributed by atoms with Crippen molar-refractivity contribution in [2.45, 2.75) is 37.3 Å². The van der Waals surface area contributed by atoms with E-state index in [1.807, 2.05) is 24.1 Å². The van der Waals surface area contributed by atoms with E-state index < -0.39 is 6.04 Å². The molecule has 3 atom stereocenters. The number of halogens is 1. The van der Waals surface area contributed by atoms with Crippen molar-refractivity contribution < 1.29 is 16.7 Å². The van der Waals surface area contributed by atoms with E-state index in [1.165, 1.54) is 12.1 Å². The van der Waals surface area contributed by atoms with E-state index in [0.717, 1.165) is 30.8 Å². The highest BCUT2D eigenvalue weighted by atomic mass is 19.1. The number of piperazine rings is 1. The minimum Gasteiger partial charge on any atom is -0.340 e. The van der Waals surface area contributed by atoms with E-state index in [9.17, 15) is 14.0 Å². The molecule has 0 unspecified atom stereocenters. The molecule has 0 radical (unpaired) electrons. The Morgan fingerprint density at radius 3 is 2.61 bits per heavy atom.